The Morgan fingerprint density at radius 3 is 1.65 bits per heavy atom. The van der Waals surface area contributed by atoms with Crippen LogP contribution < -0.4 is 0 Å². The second-order valence-corrected chi connectivity index (χ2v) is 8.86. The number of hydrogen-bond donors (Lipinski definition) is 0. The molecule has 23 heavy (non-hydrogen) atoms. The van der Waals surface area contributed by atoms with Crippen molar-refractivity contribution in [1.82, 2.24) is 0 Å². The number of Topliss-reactive ketones (excluding diaryl/α,β-unsaturated/α-hetero) is 2. The fourth-order valence-corrected chi connectivity index (χ4v) is 4.89. The average molecular weight is 383 g/mol. The largest absolute Gasteiger partial charge is 0.289 e. The highest BCUT2D eigenvalue weighted by atomic mass is 32.3. The quantitative estimate of drug-likeness (QED) is 0.315. The van der Waals surface area contributed by atoms with Gasteiger partial charge in [-0.15, -0.1) is 22.7 Å². The molecule has 0 saturated heterocycles. The van der Waals surface area contributed by atoms with Gasteiger partial charge in [0.1, 0.15) is 0 Å². The maximum Gasteiger partial charge on any atom is 0.189 e. The van der Waals surface area contributed by atoms with Crippen LogP contribution in [0.2, 0.25) is 0 Å². The van der Waals surface area contributed by atoms with E-state index in [0.717, 1.165) is 8.42 Å². The van der Waals surface area contributed by atoms with E-state index < -0.39 is 0 Å². The van der Waals surface area contributed by atoms with Crippen molar-refractivity contribution in [1.29, 1.82) is 0 Å². The standard InChI is InChI=1S/C16H14O3S4/c1-9(2)15(17)11-5-13(20-7-11)22-19-23-14-6-12(8-21-14)16(18)10(3)4/h5-8H,1,3H2,2,4H3. The molecule has 0 radical (unpaired) electrons. The minimum Gasteiger partial charge on any atom is -0.289 e. The summed E-state index contributed by atoms with van der Waals surface area (Å²) in [6.07, 6.45) is 0. The van der Waals surface area contributed by atoms with Crippen molar-refractivity contribution >= 4 is 58.3 Å². The summed E-state index contributed by atoms with van der Waals surface area (Å²) in [6.45, 7) is 10.7. The van der Waals surface area contributed by atoms with Gasteiger partial charge in [-0.05, 0) is 37.1 Å². The monoisotopic (exact) mass is 382 g/mol. The van der Waals surface area contributed by atoms with E-state index in [0.29, 0.717) is 22.3 Å². The first-order valence-electron chi connectivity index (χ1n) is 6.47. The lowest BCUT2D eigenvalue weighted by Crippen LogP contribution is -1.96. The zero-order valence-electron chi connectivity index (χ0n) is 12.6. The first-order valence-corrected chi connectivity index (χ1v) is 9.71. The Balaban J connectivity index is 1.88. The van der Waals surface area contributed by atoms with Crippen molar-refractivity contribution < 1.29 is 13.2 Å². The van der Waals surface area contributed by atoms with Gasteiger partial charge in [-0.2, -0.15) is 0 Å². The summed E-state index contributed by atoms with van der Waals surface area (Å²) in [5, 5.41) is 3.59. The third-order valence-electron chi connectivity index (χ3n) is 2.68. The van der Waals surface area contributed by atoms with Gasteiger partial charge < -0.3 is 0 Å². The van der Waals surface area contributed by atoms with E-state index in [2.05, 4.69) is 13.2 Å². The molecule has 2 rings (SSSR count). The summed E-state index contributed by atoms with van der Waals surface area (Å²) < 4.78 is 7.27. The Hall–Kier alpha value is -1.12. The minimum atomic E-state index is -0.0537. The molecule has 3 nitrogen and oxygen atoms in total. The van der Waals surface area contributed by atoms with Gasteiger partial charge in [-0.1, -0.05) is 13.2 Å². The second-order valence-electron chi connectivity index (χ2n) is 4.76. The second kappa shape index (κ2) is 8.12. The van der Waals surface area contributed by atoms with Crippen LogP contribution >= 0.6 is 46.8 Å². The van der Waals surface area contributed by atoms with Gasteiger partial charge in [-0.25, -0.2) is 3.63 Å². The van der Waals surface area contributed by atoms with Crippen molar-refractivity contribution in [2.45, 2.75) is 22.3 Å². The topological polar surface area (TPSA) is 43.4 Å². The van der Waals surface area contributed by atoms with Gasteiger partial charge in [0.25, 0.3) is 0 Å². The van der Waals surface area contributed by atoms with Crippen LogP contribution in [0.25, 0.3) is 0 Å². The van der Waals surface area contributed by atoms with Gasteiger partial charge in [0.05, 0.1) is 32.5 Å². The van der Waals surface area contributed by atoms with Gasteiger partial charge in [-0.3, -0.25) is 9.59 Å². The molecule has 0 aromatic carbocycles. The predicted molar refractivity (Wildman–Crippen MR) is 99.7 cm³/mol. The van der Waals surface area contributed by atoms with Crippen molar-refractivity contribution in [3.8, 4) is 0 Å². The molecule has 0 spiro atoms. The summed E-state index contributed by atoms with van der Waals surface area (Å²) in [4.78, 5) is 23.6. The molecule has 0 unspecified atom stereocenters. The summed E-state index contributed by atoms with van der Waals surface area (Å²) in [7, 11) is 0. The average Bonchev–Trinajstić information content (AvgIpc) is 3.15. The molecule has 0 aliphatic heterocycles. The Morgan fingerprint density at radius 2 is 1.30 bits per heavy atom. The van der Waals surface area contributed by atoms with Crippen molar-refractivity contribution in [3.05, 3.63) is 58.3 Å². The highest BCUT2D eigenvalue weighted by molar-refractivity contribution is 8.09. The van der Waals surface area contributed by atoms with Gasteiger partial charge in [0.2, 0.25) is 0 Å². The zero-order chi connectivity index (χ0) is 17.0. The molecule has 0 saturated carbocycles. The third kappa shape index (κ3) is 4.92. The van der Waals surface area contributed by atoms with E-state index in [1.54, 1.807) is 36.7 Å². The number of ketones is 2. The molecular weight excluding hydrogens is 368 g/mol. The lowest BCUT2D eigenvalue weighted by Gasteiger charge is -1.96. The van der Waals surface area contributed by atoms with Crippen LogP contribution in [-0.4, -0.2) is 11.6 Å². The lowest BCUT2D eigenvalue weighted by atomic mass is 10.1. The van der Waals surface area contributed by atoms with Crippen LogP contribution in [0.4, 0.5) is 0 Å². The van der Waals surface area contributed by atoms with E-state index in [9.17, 15) is 9.59 Å². The number of carbonyl (C=O) groups excluding carboxylic acids is 2. The molecule has 2 aromatic rings. The fourth-order valence-electron chi connectivity index (χ4n) is 1.54. The van der Waals surface area contributed by atoms with E-state index in [-0.39, 0.29) is 11.6 Å². The first kappa shape index (κ1) is 18.2. The Bertz CT molecular complexity index is 706. The van der Waals surface area contributed by atoms with Crippen LogP contribution in [0.1, 0.15) is 34.6 Å². The number of thiophene rings is 2. The number of hydrogen-bond acceptors (Lipinski definition) is 7. The van der Waals surface area contributed by atoms with Crippen LogP contribution in [-0.2, 0) is 3.63 Å². The normalized spacial score (nSPS) is 10.5. The fraction of sp³-hybridized carbons (Fsp3) is 0.125. The molecule has 0 atom stereocenters. The predicted octanol–water partition coefficient (Wildman–Crippen LogP) is 6.06. The van der Waals surface area contributed by atoms with E-state index in [4.69, 9.17) is 3.63 Å². The lowest BCUT2D eigenvalue weighted by molar-refractivity contribution is 0.102. The number of carbonyl (C=O) groups is 2. The molecule has 2 aromatic heterocycles. The van der Waals surface area contributed by atoms with Gasteiger partial charge >= 0.3 is 0 Å². The van der Waals surface area contributed by atoms with Crippen LogP contribution in [0.5, 0.6) is 0 Å². The number of rotatable bonds is 8. The summed E-state index contributed by atoms with van der Waals surface area (Å²) >= 11 is 5.28. The molecule has 0 amide bonds. The molecule has 7 heteroatoms. The van der Waals surface area contributed by atoms with Crippen molar-refractivity contribution in [2.24, 2.45) is 0 Å². The highest BCUT2D eigenvalue weighted by Gasteiger charge is 2.12. The Morgan fingerprint density at radius 1 is 0.913 bits per heavy atom. The molecule has 0 fully saturated rings. The van der Waals surface area contributed by atoms with Crippen molar-refractivity contribution in [3.63, 3.8) is 0 Å². The van der Waals surface area contributed by atoms with Gasteiger partial charge in [0, 0.05) is 21.9 Å². The first-order chi connectivity index (χ1) is 10.9. The van der Waals surface area contributed by atoms with Crippen molar-refractivity contribution in [2.75, 3.05) is 0 Å². The summed E-state index contributed by atoms with van der Waals surface area (Å²) in [5.41, 5.74) is 2.29. The number of allylic oxidation sites excluding steroid dienone is 2. The third-order valence-corrected chi connectivity index (χ3v) is 6.22. The highest BCUT2D eigenvalue weighted by Crippen LogP contribution is 2.36. The summed E-state index contributed by atoms with van der Waals surface area (Å²) in [6, 6.07) is 3.58. The maximum atomic E-state index is 11.8. The minimum absolute atomic E-state index is 0.0537. The molecular formula is C16H14O3S4. The summed E-state index contributed by atoms with van der Waals surface area (Å²) in [5.74, 6) is -0.107. The molecule has 0 aliphatic carbocycles. The maximum absolute atomic E-state index is 11.8. The molecule has 0 aliphatic rings. The zero-order valence-corrected chi connectivity index (χ0v) is 15.8. The molecule has 0 bridgehead atoms. The SMILES string of the molecule is C=C(C)C(=O)c1csc(SOSc2cc(C(=O)C(=C)C)cs2)c1. The van der Waals surface area contributed by atoms with Crippen LogP contribution in [0.3, 0.4) is 0 Å². The van der Waals surface area contributed by atoms with E-state index >= 15 is 0 Å². The molecule has 0 N–H and O–H groups in total. The van der Waals surface area contributed by atoms with Crippen LogP contribution in [0.15, 0.2) is 55.6 Å². The Kier molecular flexibility index (Phi) is 6.43. The molecule has 120 valence electrons. The Labute approximate surface area is 151 Å². The van der Waals surface area contributed by atoms with E-state index in [1.807, 2.05) is 0 Å². The smallest absolute Gasteiger partial charge is 0.189 e. The molecule has 2 heterocycles. The van der Waals surface area contributed by atoms with Crippen LogP contribution in [0, 0.1) is 0 Å². The van der Waals surface area contributed by atoms with E-state index in [1.165, 1.54) is 46.8 Å². The van der Waals surface area contributed by atoms with Gasteiger partial charge in [0.15, 0.2) is 11.6 Å².